The molecular formula is C13H18N2OS2. The molecule has 1 saturated heterocycles. The monoisotopic (exact) mass is 282 g/mol. The molecule has 2 unspecified atom stereocenters. The second-order valence-electron chi connectivity index (χ2n) is 4.47. The first-order chi connectivity index (χ1) is 8.65. The number of nitrogens with two attached hydrogens (primary N) is 1. The molecule has 98 valence electrons. The zero-order chi connectivity index (χ0) is 13.0. The summed E-state index contributed by atoms with van der Waals surface area (Å²) in [5, 5.41) is 4.30. The van der Waals surface area contributed by atoms with E-state index in [9.17, 15) is 4.79 Å². The van der Waals surface area contributed by atoms with E-state index in [4.69, 9.17) is 5.73 Å². The first-order valence-corrected chi connectivity index (χ1v) is 8.07. The fourth-order valence-corrected chi connectivity index (χ4v) is 3.90. The van der Waals surface area contributed by atoms with E-state index in [0.29, 0.717) is 11.8 Å². The molecule has 1 aromatic carbocycles. The van der Waals surface area contributed by atoms with Crippen molar-refractivity contribution in [1.29, 1.82) is 0 Å². The third-order valence-corrected chi connectivity index (χ3v) is 5.27. The molecule has 0 aromatic heterocycles. The fraction of sp³-hybridized carbons (Fsp3) is 0.462. The highest BCUT2D eigenvalue weighted by Gasteiger charge is 2.22. The van der Waals surface area contributed by atoms with Crippen LogP contribution in [0.1, 0.15) is 13.3 Å². The summed E-state index contributed by atoms with van der Waals surface area (Å²) in [6.45, 7) is 2.26. The molecule has 1 aliphatic rings. The number of hydrogen-bond donors (Lipinski definition) is 2. The Kier molecular flexibility index (Phi) is 4.83. The molecule has 1 fully saturated rings. The number of hydrogen-bond acceptors (Lipinski definition) is 4. The molecule has 0 aliphatic carbocycles. The summed E-state index contributed by atoms with van der Waals surface area (Å²) in [4.78, 5) is 11.9. The van der Waals surface area contributed by atoms with E-state index < -0.39 is 0 Å². The summed E-state index contributed by atoms with van der Waals surface area (Å²) >= 11 is 3.50. The standard InChI is InChI=1S/C13H18N2OS2/c1-9-6-10(7-17-9)15-11-4-2-3-5-12(11)18-8-13(14)16/h2-5,9-10,15H,6-8H2,1H3,(H2,14,16). The van der Waals surface area contributed by atoms with Crippen LogP contribution in [0.5, 0.6) is 0 Å². The minimum Gasteiger partial charge on any atom is -0.381 e. The lowest BCUT2D eigenvalue weighted by Crippen LogP contribution is -2.19. The number of benzene rings is 1. The van der Waals surface area contributed by atoms with E-state index in [1.54, 1.807) is 0 Å². The van der Waals surface area contributed by atoms with Gasteiger partial charge in [-0.1, -0.05) is 19.1 Å². The highest BCUT2D eigenvalue weighted by Crippen LogP contribution is 2.32. The number of carbonyl (C=O) groups is 1. The van der Waals surface area contributed by atoms with E-state index in [-0.39, 0.29) is 5.91 Å². The van der Waals surface area contributed by atoms with Gasteiger partial charge in [0.15, 0.2) is 0 Å². The average molecular weight is 282 g/mol. The summed E-state index contributed by atoms with van der Waals surface area (Å²) in [6.07, 6.45) is 1.19. The summed E-state index contributed by atoms with van der Waals surface area (Å²) in [7, 11) is 0. The van der Waals surface area contributed by atoms with Crippen molar-refractivity contribution >= 4 is 35.1 Å². The zero-order valence-corrected chi connectivity index (χ0v) is 12.0. The topological polar surface area (TPSA) is 55.1 Å². The normalized spacial score (nSPS) is 22.9. The summed E-state index contributed by atoms with van der Waals surface area (Å²) in [5.41, 5.74) is 6.30. The van der Waals surface area contributed by atoms with Gasteiger partial charge in [-0.2, -0.15) is 11.8 Å². The van der Waals surface area contributed by atoms with Crippen LogP contribution >= 0.6 is 23.5 Å². The van der Waals surface area contributed by atoms with Gasteiger partial charge >= 0.3 is 0 Å². The average Bonchev–Trinajstić information content (AvgIpc) is 2.73. The maximum absolute atomic E-state index is 10.8. The molecule has 1 aliphatic heterocycles. The molecule has 5 heteroatoms. The Morgan fingerprint density at radius 1 is 1.56 bits per heavy atom. The quantitative estimate of drug-likeness (QED) is 0.815. The van der Waals surface area contributed by atoms with Gasteiger partial charge in [0.2, 0.25) is 5.91 Å². The molecule has 3 N–H and O–H groups in total. The van der Waals surface area contributed by atoms with Gasteiger partial charge in [-0.15, -0.1) is 11.8 Å². The van der Waals surface area contributed by atoms with E-state index in [0.717, 1.165) is 21.6 Å². The molecule has 1 amide bonds. The van der Waals surface area contributed by atoms with Crippen molar-refractivity contribution in [2.75, 3.05) is 16.8 Å². The first kappa shape index (κ1) is 13.6. The minimum absolute atomic E-state index is 0.278. The first-order valence-electron chi connectivity index (χ1n) is 6.03. The maximum Gasteiger partial charge on any atom is 0.227 e. The Morgan fingerprint density at radius 2 is 2.33 bits per heavy atom. The molecular weight excluding hydrogens is 264 g/mol. The van der Waals surface area contributed by atoms with Crippen LogP contribution in [0.2, 0.25) is 0 Å². The van der Waals surface area contributed by atoms with E-state index >= 15 is 0 Å². The predicted molar refractivity (Wildman–Crippen MR) is 80.3 cm³/mol. The lowest BCUT2D eigenvalue weighted by atomic mass is 10.2. The van der Waals surface area contributed by atoms with Gasteiger partial charge in [-0.25, -0.2) is 0 Å². The van der Waals surface area contributed by atoms with Crippen molar-refractivity contribution < 1.29 is 4.79 Å². The summed E-state index contributed by atoms with van der Waals surface area (Å²) < 4.78 is 0. The molecule has 1 aromatic rings. The van der Waals surface area contributed by atoms with Gasteiger partial charge in [-0.05, 0) is 18.6 Å². The third kappa shape index (κ3) is 3.85. The molecule has 18 heavy (non-hydrogen) atoms. The second-order valence-corrected chi connectivity index (χ2v) is 6.96. The Balaban J connectivity index is 2.00. The summed E-state index contributed by atoms with van der Waals surface area (Å²) in [6, 6.07) is 8.63. The fourth-order valence-electron chi connectivity index (χ4n) is 2.00. The Morgan fingerprint density at radius 3 is 3.00 bits per heavy atom. The molecule has 3 nitrogen and oxygen atoms in total. The number of rotatable bonds is 5. The van der Waals surface area contributed by atoms with Crippen molar-refractivity contribution in [1.82, 2.24) is 0 Å². The van der Waals surface area contributed by atoms with Gasteiger partial charge in [-0.3, -0.25) is 4.79 Å². The number of carbonyl (C=O) groups excluding carboxylic acids is 1. The lowest BCUT2D eigenvalue weighted by molar-refractivity contribution is -0.115. The van der Waals surface area contributed by atoms with Crippen LogP contribution in [0, 0.1) is 0 Å². The van der Waals surface area contributed by atoms with Gasteiger partial charge in [0, 0.05) is 27.6 Å². The highest BCUT2D eigenvalue weighted by atomic mass is 32.2. The molecule has 0 spiro atoms. The van der Waals surface area contributed by atoms with Crippen LogP contribution < -0.4 is 11.1 Å². The van der Waals surface area contributed by atoms with Crippen molar-refractivity contribution in [2.45, 2.75) is 29.5 Å². The van der Waals surface area contributed by atoms with Crippen LogP contribution in [0.3, 0.4) is 0 Å². The summed E-state index contributed by atoms with van der Waals surface area (Å²) in [5.74, 6) is 1.20. The van der Waals surface area contributed by atoms with Crippen molar-refractivity contribution in [3.05, 3.63) is 24.3 Å². The van der Waals surface area contributed by atoms with Crippen molar-refractivity contribution in [3.63, 3.8) is 0 Å². The zero-order valence-electron chi connectivity index (χ0n) is 10.4. The number of para-hydroxylation sites is 1. The van der Waals surface area contributed by atoms with E-state index in [2.05, 4.69) is 18.3 Å². The third-order valence-electron chi connectivity index (χ3n) is 2.81. The van der Waals surface area contributed by atoms with Gasteiger partial charge in [0.05, 0.1) is 5.75 Å². The van der Waals surface area contributed by atoms with Crippen LogP contribution in [0.25, 0.3) is 0 Å². The Hall–Kier alpha value is -0.810. The number of anilines is 1. The van der Waals surface area contributed by atoms with Crippen LogP contribution in [0.15, 0.2) is 29.2 Å². The molecule has 0 radical (unpaired) electrons. The number of nitrogens with one attached hydrogen (secondary N) is 1. The minimum atomic E-state index is -0.278. The van der Waals surface area contributed by atoms with Gasteiger partial charge < -0.3 is 11.1 Å². The number of thioether (sulfide) groups is 2. The Bertz CT molecular complexity index is 425. The van der Waals surface area contributed by atoms with Crippen LogP contribution in [-0.2, 0) is 4.79 Å². The second kappa shape index (κ2) is 6.38. The highest BCUT2D eigenvalue weighted by molar-refractivity contribution is 8.00. The van der Waals surface area contributed by atoms with Gasteiger partial charge in [0.1, 0.15) is 0 Å². The predicted octanol–water partition coefficient (Wildman–Crippen LogP) is 2.57. The van der Waals surface area contributed by atoms with Crippen molar-refractivity contribution in [3.8, 4) is 0 Å². The molecule has 2 rings (SSSR count). The molecule has 0 bridgehead atoms. The maximum atomic E-state index is 10.8. The molecule has 0 saturated carbocycles. The van der Waals surface area contributed by atoms with Gasteiger partial charge in [0.25, 0.3) is 0 Å². The Labute approximate surface area is 116 Å². The van der Waals surface area contributed by atoms with E-state index in [1.165, 1.54) is 18.2 Å². The largest absolute Gasteiger partial charge is 0.381 e. The smallest absolute Gasteiger partial charge is 0.227 e. The number of primary amides is 1. The molecule has 2 atom stereocenters. The van der Waals surface area contributed by atoms with E-state index in [1.807, 2.05) is 30.0 Å². The lowest BCUT2D eigenvalue weighted by Gasteiger charge is -2.16. The molecule has 1 heterocycles. The van der Waals surface area contributed by atoms with Crippen molar-refractivity contribution in [2.24, 2.45) is 5.73 Å². The SMILES string of the molecule is CC1CC(Nc2ccccc2SCC(N)=O)CS1. The van der Waals surface area contributed by atoms with Crippen LogP contribution in [0.4, 0.5) is 5.69 Å². The van der Waals surface area contributed by atoms with Crippen LogP contribution in [-0.4, -0.2) is 28.7 Å². The number of amides is 1.